The topological polar surface area (TPSA) is 29.5 Å². The molecule has 5 heteroatoms. The third-order valence-corrected chi connectivity index (χ3v) is 1.95. The SMILES string of the molecule is C[C@@H](O)c1ccc(OC(F)F)c(Cl)c1. The van der Waals surface area contributed by atoms with Gasteiger partial charge >= 0.3 is 6.61 Å². The fourth-order valence-corrected chi connectivity index (χ4v) is 1.20. The van der Waals surface area contributed by atoms with Crippen molar-refractivity contribution >= 4 is 11.6 Å². The van der Waals surface area contributed by atoms with Gasteiger partial charge in [-0.25, -0.2) is 0 Å². The molecule has 1 aromatic carbocycles. The Morgan fingerprint density at radius 3 is 2.50 bits per heavy atom. The van der Waals surface area contributed by atoms with Gasteiger partial charge in [-0.1, -0.05) is 17.7 Å². The molecule has 0 amide bonds. The molecule has 0 aliphatic carbocycles. The van der Waals surface area contributed by atoms with E-state index < -0.39 is 12.7 Å². The first kappa shape index (κ1) is 11.2. The van der Waals surface area contributed by atoms with Gasteiger partial charge in [0.05, 0.1) is 11.1 Å². The van der Waals surface area contributed by atoms with Crippen LogP contribution in [-0.4, -0.2) is 11.7 Å². The van der Waals surface area contributed by atoms with Crippen LogP contribution >= 0.6 is 11.6 Å². The van der Waals surface area contributed by atoms with Gasteiger partial charge in [0.25, 0.3) is 0 Å². The number of alkyl halides is 2. The van der Waals surface area contributed by atoms with Crippen LogP contribution in [0.15, 0.2) is 18.2 Å². The van der Waals surface area contributed by atoms with Crippen LogP contribution in [0.25, 0.3) is 0 Å². The van der Waals surface area contributed by atoms with E-state index in [4.69, 9.17) is 11.6 Å². The van der Waals surface area contributed by atoms with Crippen molar-refractivity contribution in [2.24, 2.45) is 0 Å². The molecule has 0 heterocycles. The molecule has 0 aliphatic rings. The van der Waals surface area contributed by atoms with Crippen LogP contribution < -0.4 is 4.74 Å². The molecule has 0 saturated carbocycles. The lowest BCUT2D eigenvalue weighted by molar-refractivity contribution is -0.0498. The van der Waals surface area contributed by atoms with Crippen molar-refractivity contribution in [3.63, 3.8) is 0 Å². The van der Waals surface area contributed by atoms with Crippen molar-refractivity contribution in [1.29, 1.82) is 0 Å². The summed E-state index contributed by atoms with van der Waals surface area (Å²) >= 11 is 5.65. The summed E-state index contributed by atoms with van der Waals surface area (Å²) in [6, 6.07) is 4.18. The molecule has 0 fully saturated rings. The van der Waals surface area contributed by atoms with E-state index in [-0.39, 0.29) is 10.8 Å². The zero-order chi connectivity index (χ0) is 10.7. The van der Waals surface area contributed by atoms with Gasteiger partial charge < -0.3 is 9.84 Å². The summed E-state index contributed by atoms with van der Waals surface area (Å²) in [7, 11) is 0. The number of ether oxygens (including phenoxy) is 1. The smallest absolute Gasteiger partial charge is 0.387 e. The van der Waals surface area contributed by atoms with E-state index in [0.717, 1.165) is 0 Å². The molecule has 14 heavy (non-hydrogen) atoms. The second kappa shape index (κ2) is 4.57. The minimum absolute atomic E-state index is 0.0590. The molecule has 1 rings (SSSR count). The summed E-state index contributed by atoms with van der Waals surface area (Å²) < 4.78 is 27.8. The van der Waals surface area contributed by atoms with Crippen LogP contribution in [0.5, 0.6) is 5.75 Å². The molecule has 0 spiro atoms. The average molecular weight is 223 g/mol. The number of halogens is 3. The molecule has 0 radical (unpaired) electrons. The van der Waals surface area contributed by atoms with E-state index in [9.17, 15) is 13.9 Å². The van der Waals surface area contributed by atoms with E-state index in [1.165, 1.54) is 18.2 Å². The summed E-state index contributed by atoms with van der Waals surface area (Å²) in [5.41, 5.74) is 0.552. The van der Waals surface area contributed by atoms with Crippen molar-refractivity contribution in [1.82, 2.24) is 0 Å². The molecule has 0 aliphatic heterocycles. The van der Waals surface area contributed by atoms with Crippen molar-refractivity contribution in [2.45, 2.75) is 19.6 Å². The maximum absolute atomic E-state index is 11.8. The van der Waals surface area contributed by atoms with Gasteiger partial charge in [0.15, 0.2) is 0 Å². The van der Waals surface area contributed by atoms with Gasteiger partial charge in [0, 0.05) is 0 Å². The van der Waals surface area contributed by atoms with Gasteiger partial charge in [0.1, 0.15) is 5.75 Å². The van der Waals surface area contributed by atoms with E-state index in [1.54, 1.807) is 6.92 Å². The van der Waals surface area contributed by atoms with Crippen LogP contribution in [0.1, 0.15) is 18.6 Å². The van der Waals surface area contributed by atoms with Crippen LogP contribution in [0.2, 0.25) is 5.02 Å². The first-order valence-corrected chi connectivity index (χ1v) is 4.31. The molecule has 0 bridgehead atoms. The third kappa shape index (κ3) is 2.82. The highest BCUT2D eigenvalue weighted by atomic mass is 35.5. The summed E-state index contributed by atoms with van der Waals surface area (Å²) in [6.07, 6.45) is -0.687. The minimum Gasteiger partial charge on any atom is -0.433 e. The monoisotopic (exact) mass is 222 g/mol. The number of rotatable bonds is 3. The standard InChI is InChI=1S/C9H9ClF2O2/c1-5(13)6-2-3-8(7(10)4-6)14-9(11)12/h2-5,9,13H,1H3/t5-/m1/s1. The number of aliphatic hydroxyl groups is 1. The molecular weight excluding hydrogens is 214 g/mol. The Kier molecular flexibility index (Phi) is 3.66. The Morgan fingerprint density at radius 1 is 1.43 bits per heavy atom. The van der Waals surface area contributed by atoms with Gasteiger partial charge in [-0.05, 0) is 24.6 Å². The van der Waals surface area contributed by atoms with Crippen LogP contribution in [-0.2, 0) is 0 Å². The van der Waals surface area contributed by atoms with E-state index >= 15 is 0 Å². The zero-order valence-electron chi connectivity index (χ0n) is 7.38. The summed E-state index contributed by atoms with van der Waals surface area (Å²) in [5, 5.41) is 9.23. The number of hydrogen-bond donors (Lipinski definition) is 1. The predicted octanol–water partition coefficient (Wildman–Crippen LogP) is 2.99. The third-order valence-electron chi connectivity index (χ3n) is 1.65. The highest BCUT2D eigenvalue weighted by Gasteiger charge is 2.10. The molecular formula is C9H9ClF2O2. The van der Waals surface area contributed by atoms with Crippen molar-refractivity contribution in [2.75, 3.05) is 0 Å². The lowest BCUT2D eigenvalue weighted by atomic mass is 10.1. The molecule has 2 nitrogen and oxygen atoms in total. The summed E-state index contributed by atoms with van der Waals surface area (Å²) in [5.74, 6) is -0.0916. The van der Waals surface area contributed by atoms with Crippen molar-refractivity contribution in [3.05, 3.63) is 28.8 Å². The highest BCUT2D eigenvalue weighted by Crippen LogP contribution is 2.28. The van der Waals surface area contributed by atoms with Crippen LogP contribution in [0.3, 0.4) is 0 Å². The molecule has 0 aromatic heterocycles. The molecule has 0 unspecified atom stereocenters. The van der Waals surface area contributed by atoms with E-state index in [1.807, 2.05) is 0 Å². The van der Waals surface area contributed by atoms with Crippen molar-refractivity contribution in [3.8, 4) is 5.75 Å². The Balaban J connectivity index is 2.90. The Hall–Kier alpha value is -0.870. The molecule has 1 atom stereocenters. The first-order chi connectivity index (χ1) is 6.50. The quantitative estimate of drug-likeness (QED) is 0.852. The zero-order valence-corrected chi connectivity index (χ0v) is 8.13. The maximum Gasteiger partial charge on any atom is 0.387 e. The summed E-state index contributed by atoms with van der Waals surface area (Å²) in [4.78, 5) is 0. The predicted molar refractivity (Wildman–Crippen MR) is 48.7 cm³/mol. The van der Waals surface area contributed by atoms with Gasteiger partial charge in [-0.15, -0.1) is 0 Å². The normalized spacial score (nSPS) is 13.0. The van der Waals surface area contributed by atoms with E-state index in [2.05, 4.69) is 4.74 Å². The maximum atomic E-state index is 11.8. The van der Waals surface area contributed by atoms with E-state index in [0.29, 0.717) is 5.56 Å². The number of aliphatic hydroxyl groups excluding tert-OH is 1. The van der Waals surface area contributed by atoms with Crippen LogP contribution in [0.4, 0.5) is 8.78 Å². The fourth-order valence-electron chi connectivity index (χ4n) is 0.969. The second-order valence-electron chi connectivity index (χ2n) is 2.74. The largest absolute Gasteiger partial charge is 0.433 e. The summed E-state index contributed by atoms with van der Waals surface area (Å²) in [6.45, 7) is -1.34. The number of benzene rings is 1. The van der Waals surface area contributed by atoms with Gasteiger partial charge in [-0.3, -0.25) is 0 Å². The lowest BCUT2D eigenvalue weighted by Gasteiger charge is -2.09. The molecule has 1 N–H and O–H groups in total. The Morgan fingerprint density at radius 2 is 2.07 bits per heavy atom. The molecule has 0 saturated heterocycles. The van der Waals surface area contributed by atoms with Gasteiger partial charge in [0.2, 0.25) is 0 Å². The Labute approximate surface area is 85.1 Å². The average Bonchev–Trinajstić information content (AvgIpc) is 2.07. The first-order valence-electron chi connectivity index (χ1n) is 3.93. The molecule has 78 valence electrons. The Bertz CT molecular complexity index is 316. The van der Waals surface area contributed by atoms with Gasteiger partial charge in [-0.2, -0.15) is 8.78 Å². The minimum atomic E-state index is -2.90. The molecule has 1 aromatic rings. The number of hydrogen-bond acceptors (Lipinski definition) is 2. The lowest BCUT2D eigenvalue weighted by Crippen LogP contribution is -2.02. The van der Waals surface area contributed by atoms with Crippen molar-refractivity contribution < 1.29 is 18.6 Å². The second-order valence-corrected chi connectivity index (χ2v) is 3.15. The van der Waals surface area contributed by atoms with Crippen LogP contribution in [0, 0.1) is 0 Å². The highest BCUT2D eigenvalue weighted by molar-refractivity contribution is 6.32. The fraction of sp³-hybridized carbons (Fsp3) is 0.333.